The number of aryl methyl sites for hydroxylation is 1. The number of nitrogens with two attached hydrogens (primary N) is 1. The van der Waals surface area contributed by atoms with Crippen LogP contribution in [0.4, 0.5) is 22.2 Å². The van der Waals surface area contributed by atoms with Crippen LogP contribution >= 0.6 is 0 Å². The minimum absolute atomic E-state index is 0.389. The number of hydrogen-bond donors (Lipinski definition) is 3. The van der Waals surface area contributed by atoms with Crippen molar-refractivity contribution in [2.24, 2.45) is 0 Å². The molecule has 0 bridgehead atoms. The van der Waals surface area contributed by atoms with E-state index < -0.39 is 11.7 Å². The molecule has 1 aromatic carbocycles. The monoisotopic (exact) mass is 599 g/mol. The molecule has 5 heterocycles. The van der Waals surface area contributed by atoms with Crippen molar-refractivity contribution in [3.05, 3.63) is 65.2 Å². The Kier molecular flexibility index (Phi) is 8.23. The van der Waals surface area contributed by atoms with Crippen LogP contribution < -0.4 is 16.4 Å². The Balaban J connectivity index is 1.03. The van der Waals surface area contributed by atoms with Gasteiger partial charge in [0, 0.05) is 69.6 Å². The standard InChI is InChI=1S/C31H41N11O2/c1-21-13-22(5-6-23(21)17-33-30(43)44-31(2,3)4)26-16-28(35-20-34-26)36-29-15-25-19-40(10-12-42(25)38-29)8-7-39-9-11-41-24(18-39)14-27(32)37-41/h5-6,13-16,20H,7-12,17-19H2,1-4H3,(H2,32,37)(H,33,43)(H,34,35,36,38). The second-order valence-electron chi connectivity index (χ2n) is 12.5. The van der Waals surface area contributed by atoms with Crippen LogP contribution in [-0.4, -0.2) is 77.2 Å². The van der Waals surface area contributed by atoms with E-state index in [1.807, 2.05) is 56.6 Å². The molecule has 1 amide bonds. The first-order valence-corrected chi connectivity index (χ1v) is 15.1. The molecule has 0 unspecified atom stereocenters. The van der Waals surface area contributed by atoms with Gasteiger partial charge in [-0.25, -0.2) is 14.8 Å². The molecule has 0 aliphatic carbocycles. The van der Waals surface area contributed by atoms with Crippen molar-refractivity contribution < 1.29 is 9.53 Å². The van der Waals surface area contributed by atoms with Crippen LogP contribution in [0.15, 0.2) is 42.7 Å². The van der Waals surface area contributed by atoms with Gasteiger partial charge in [0.1, 0.15) is 23.6 Å². The van der Waals surface area contributed by atoms with Gasteiger partial charge < -0.3 is 21.1 Å². The fourth-order valence-electron chi connectivity index (χ4n) is 5.64. The number of ether oxygens (including phenoxy) is 1. The zero-order valence-corrected chi connectivity index (χ0v) is 25.9. The highest BCUT2D eigenvalue weighted by Gasteiger charge is 2.22. The molecule has 13 nitrogen and oxygen atoms in total. The second-order valence-corrected chi connectivity index (χ2v) is 12.5. The number of benzene rings is 1. The summed E-state index contributed by atoms with van der Waals surface area (Å²) in [7, 11) is 0. The number of hydrogen-bond acceptors (Lipinski definition) is 10. The summed E-state index contributed by atoms with van der Waals surface area (Å²) >= 11 is 0. The van der Waals surface area contributed by atoms with Gasteiger partial charge in [0.15, 0.2) is 5.82 Å². The molecule has 13 heteroatoms. The highest BCUT2D eigenvalue weighted by atomic mass is 16.6. The molecule has 44 heavy (non-hydrogen) atoms. The molecule has 4 N–H and O–H groups in total. The first-order chi connectivity index (χ1) is 21.1. The number of alkyl carbamates (subject to hydrolysis) is 1. The molecule has 6 rings (SSSR count). The normalized spacial score (nSPS) is 15.5. The van der Waals surface area contributed by atoms with Gasteiger partial charge in [-0.2, -0.15) is 10.2 Å². The molecular formula is C31H41N11O2. The maximum atomic E-state index is 12.1. The van der Waals surface area contributed by atoms with Gasteiger partial charge >= 0.3 is 6.09 Å². The molecular weight excluding hydrogens is 558 g/mol. The van der Waals surface area contributed by atoms with Gasteiger partial charge in [0.25, 0.3) is 0 Å². The number of nitrogens with zero attached hydrogens (tertiary/aromatic N) is 8. The summed E-state index contributed by atoms with van der Waals surface area (Å²) in [6, 6.07) is 12.1. The lowest BCUT2D eigenvalue weighted by Crippen LogP contribution is -2.42. The number of fused-ring (bicyclic) bond motifs is 2. The predicted molar refractivity (Wildman–Crippen MR) is 168 cm³/mol. The van der Waals surface area contributed by atoms with Gasteiger partial charge in [-0.15, -0.1) is 0 Å². The molecule has 0 atom stereocenters. The largest absolute Gasteiger partial charge is 0.444 e. The molecule has 2 aliphatic rings. The van der Waals surface area contributed by atoms with E-state index in [0.29, 0.717) is 18.2 Å². The summed E-state index contributed by atoms with van der Waals surface area (Å²) < 4.78 is 9.44. The number of nitrogen functional groups attached to an aromatic ring is 1. The van der Waals surface area contributed by atoms with Gasteiger partial charge in [0.2, 0.25) is 0 Å². The Labute approximate surface area is 257 Å². The van der Waals surface area contributed by atoms with Gasteiger partial charge in [0.05, 0.1) is 30.2 Å². The molecule has 3 aromatic heterocycles. The van der Waals surface area contributed by atoms with E-state index in [1.54, 1.807) is 6.33 Å². The maximum absolute atomic E-state index is 12.1. The van der Waals surface area contributed by atoms with E-state index in [-0.39, 0.29) is 0 Å². The molecule has 2 aliphatic heterocycles. The summed E-state index contributed by atoms with van der Waals surface area (Å²) in [6.07, 6.45) is 1.13. The third kappa shape index (κ3) is 7.17. The van der Waals surface area contributed by atoms with Crippen LogP contribution in [0.5, 0.6) is 0 Å². The lowest BCUT2D eigenvalue weighted by Gasteiger charge is -2.32. The molecule has 0 fully saturated rings. The summed E-state index contributed by atoms with van der Waals surface area (Å²) in [4.78, 5) is 25.9. The predicted octanol–water partition coefficient (Wildman–Crippen LogP) is 3.53. The number of anilines is 3. The summed E-state index contributed by atoms with van der Waals surface area (Å²) in [5.41, 5.74) is 11.5. The maximum Gasteiger partial charge on any atom is 0.407 e. The van der Waals surface area contributed by atoms with Crippen molar-refractivity contribution in [3.8, 4) is 11.3 Å². The van der Waals surface area contributed by atoms with Crippen molar-refractivity contribution in [2.45, 2.75) is 66.0 Å². The molecule has 0 radical (unpaired) electrons. The first kappa shape index (κ1) is 29.6. The van der Waals surface area contributed by atoms with Crippen molar-refractivity contribution in [2.75, 3.05) is 37.2 Å². The molecule has 4 aromatic rings. The Morgan fingerprint density at radius 1 is 0.909 bits per heavy atom. The van der Waals surface area contributed by atoms with E-state index in [1.165, 1.54) is 11.4 Å². The van der Waals surface area contributed by atoms with Crippen LogP contribution in [0.25, 0.3) is 11.3 Å². The number of amides is 1. The van der Waals surface area contributed by atoms with Crippen LogP contribution in [-0.2, 0) is 37.5 Å². The van der Waals surface area contributed by atoms with E-state index in [0.717, 1.165) is 80.6 Å². The van der Waals surface area contributed by atoms with E-state index >= 15 is 0 Å². The van der Waals surface area contributed by atoms with Crippen LogP contribution in [0, 0.1) is 6.92 Å². The fourth-order valence-corrected chi connectivity index (χ4v) is 5.64. The zero-order valence-electron chi connectivity index (χ0n) is 25.9. The highest BCUT2D eigenvalue weighted by Crippen LogP contribution is 2.25. The molecule has 0 saturated carbocycles. The smallest absolute Gasteiger partial charge is 0.407 e. The average molecular weight is 600 g/mol. The van der Waals surface area contributed by atoms with E-state index in [9.17, 15) is 4.79 Å². The van der Waals surface area contributed by atoms with Crippen molar-refractivity contribution in [1.29, 1.82) is 0 Å². The second kappa shape index (κ2) is 12.2. The Morgan fingerprint density at radius 2 is 1.61 bits per heavy atom. The van der Waals surface area contributed by atoms with Gasteiger partial charge in [-0.3, -0.25) is 19.2 Å². The highest BCUT2D eigenvalue weighted by molar-refractivity contribution is 5.68. The quantitative estimate of drug-likeness (QED) is 0.275. The summed E-state index contributed by atoms with van der Waals surface area (Å²) in [5.74, 6) is 2.05. The van der Waals surface area contributed by atoms with E-state index in [4.69, 9.17) is 15.6 Å². The first-order valence-electron chi connectivity index (χ1n) is 15.1. The molecule has 0 spiro atoms. The zero-order chi connectivity index (χ0) is 30.8. The Hall–Kier alpha value is -4.49. The number of aromatic nitrogens is 6. The lowest BCUT2D eigenvalue weighted by molar-refractivity contribution is 0.0523. The summed E-state index contributed by atoms with van der Waals surface area (Å²) in [6.45, 7) is 15.4. The minimum Gasteiger partial charge on any atom is -0.444 e. The van der Waals surface area contributed by atoms with Crippen LogP contribution in [0.3, 0.4) is 0 Å². The van der Waals surface area contributed by atoms with Gasteiger partial charge in [-0.05, 0) is 44.9 Å². The topological polar surface area (TPSA) is 144 Å². The number of carbonyl (C=O) groups excluding carboxylic acids is 1. The van der Waals surface area contributed by atoms with Crippen molar-refractivity contribution in [3.63, 3.8) is 0 Å². The SMILES string of the molecule is Cc1cc(-c2cc(Nc3cc4n(n3)CCN(CCN3CCn5nc(N)cc5C3)C4)ncn2)ccc1CNC(=O)OC(C)(C)C. The fraction of sp³-hybridized carbons (Fsp3) is 0.452. The Bertz CT molecular complexity index is 1640. The van der Waals surface area contributed by atoms with Gasteiger partial charge in [-0.1, -0.05) is 12.1 Å². The average Bonchev–Trinajstić information content (AvgIpc) is 3.55. The number of nitrogens with one attached hydrogen (secondary N) is 2. The Morgan fingerprint density at radius 3 is 2.32 bits per heavy atom. The third-order valence-corrected chi connectivity index (χ3v) is 7.89. The molecule has 232 valence electrons. The van der Waals surface area contributed by atoms with Crippen LogP contribution in [0.1, 0.15) is 43.3 Å². The molecule has 0 saturated heterocycles. The van der Waals surface area contributed by atoms with Crippen LogP contribution in [0.2, 0.25) is 0 Å². The van der Waals surface area contributed by atoms with Crippen molar-refractivity contribution in [1.82, 2.24) is 44.6 Å². The minimum atomic E-state index is -0.533. The summed E-state index contributed by atoms with van der Waals surface area (Å²) in [5, 5.41) is 15.3. The third-order valence-electron chi connectivity index (χ3n) is 7.89. The number of carbonyl (C=O) groups is 1. The van der Waals surface area contributed by atoms with E-state index in [2.05, 4.69) is 52.3 Å². The lowest BCUT2D eigenvalue weighted by atomic mass is 10.0. The van der Waals surface area contributed by atoms with Crippen molar-refractivity contribution >= 4 is 23.5 Å². The number of rotatable bonds is 8.